The van der Waals surface area contributed by atoms with E-state index in [0.717, 1.165) is 22.2 Å². The highest BCUT2D eigenvalue weighted by Gasteiger charge is 2.20. The summed E-state index contributed by atoms with van der Waals surface area (Å²) in [6, 6.07) is 14.3. The maximum absolute atomic E-state index is 13.1. The molecular formula is C17H17FN2O. The summed E-state index contributed by atoms with van der Waals surface area (Å²) in [4.78, 5) is 2.04. The van der Waals surface area contributed by atoms with Crippen LogP contribution < -0.4 is 10.6 Å². The molecule has 3 rings (SSSR count). The van der Waals surface area contributed by atoms with Crippen molar-refractivity contribution in [3.05, 3.63) is 66.2 Å². The molecule has 1 heterocycles. The van der Waals surface area contributed by atoms with E-state index in [-0.39, 0.29) is 11.9 Å². The van der Waals surface area contributed by atoms with Gasteiger partial charge in [0.25, 0.3) is 0 Å². The summed E-state index contributed by atoms with van der Waals surface area (Å²) in [5.74, 6) is -0.245. The van der Waals surface area contributed by atoms with Gasteiger partial charge >= 0.3 is 0 Å². The number of nitrogens with two attached hydrogens (primary N) is 1. The molecule has 0 spiro atoms. The number of halogens is 1. The van der Waals surface area contributed by atoms with E-state index in [0.29, 0.717) is 6.54 Å². The lowest BCUT2D eigenvalue weighted by molar-refractivity contribution is 0.594. The first kappa shape index (κ1) is 13.6. The highest BCUT2D eigenvalue weighted by molar-refractivity contribution is 5.82. The van der Waals surface area contributed by atoms with Crippen molar-refractivity contribution in [3.8, 4) is 0 Å². The van der Waals surface area contributed by atoms with Crippen LogP contribution in [-0.2, 0) is 0 Å². The zero-order valence-electron chi connectivity index (χ0n) is 11.8. The minimum absolute atomic E-state index is 0.0286. The Morgan fingerprint density at radius 1 is 1.14 bits per heavy atom. The van der Waals surface area contributed by atoms with Crippen molar-refractivity contribution in [1.82, 2.24) is 0 Å². The van der Waals surface area contributed by atoms with Gasteiger partial charge in [0.15, 0.2) is 0 Å². The molecule has 0 amide bonds. The molecule has 3 aromatic rings. The SMILES string of the molecule is CN(c1ccc(F)cc1)C(CN)c1coc2ccccc12. The summed E-state index contributed by atoms with van der Waals surface area (Å²) in [6.07, 6.45) is 1.75. The van der Waals surface area contributed by atoms with Crippen LogP contribution in [0.3, 0.4) is 0 Å². The van der Waals surface area contributed by atoms with E-state index < -0.39 is 0 Å². The Morgan fingerprint density at radius 3 is 2.57 bits per heavy atom. The van der Waals surface area contributed by atoms with Gasteiger partial charge in [0.05, 0.1) is 12.3 Å². The van der Waals surface area contributed by atoms with Gasteiger partial charge < -0.3 is 15.1 Å². The van der Waals surface area contributed by atoms with Crippen molar-refractivity contribution in [3.63, 3.8) is 0 Å². The molecule has 1 atom stereocenters. The Balaban J connectivity index is 1.99. The predicted octanol–water partition coefficient (Wildman–Crippen LogP) is 3.71. The van der Waals surface area contributed by atoms with Crippen LogP contribution in [0.4, 0.5) is 10.1 Å². The predicted molar refractivity (Wildman–Crippen MR) is 82.8 cm³/mol. The number of likely N-dealkylation sites (N-methyl/N-ethyl adjacent to an activating group) is 1. The van der Waals surface area contributed by atoms with Gasteiger partial charge in [-0.2, -0.15) is 0 Å². The molecule has 1 unspecified atom stereocenters. The maximum atomic E-state index is 13.1. The summed E-state index contributed by atoms with van der Waals surface area (Å²) in [5.41, 5.74) is 8.77. The summed E-state index contributed by atoms with van der Waals surface area (Å²) < 4.78 is 18.7. The first-order valence-corrected chi connectivity index (χ1v) is 6.85. The molecule has 0 saturated carbocycles. The fourth-order valence-electron chi connectivity index (χ4n) is 2.61. The third kappa shape index (κ3) is 2.50. The quantitative estimate of drug-likeness (QED) is 0.794. The molecule has 4 heteroatoms. The van der Waals surface area contributed by atoms with Crippen LogP contribution in [-0.4, -0.2) is 13.6 Å². The summed E-state index contributed by atoms with van der Waals surface area (Å²) in [5, 5.41) is 1.06. The third-order valence-electron chi connectivity index (χ3n) is 3.79. The molecule has 2 N–H and O–H groups in total. The third-order valence-corrected chi connectivity index (χ3v) is 3.79. The number of hydrogen-bond donors (Lipinski definition) is 1. The largest absolute Gasteiger partial charge is 0.464 e. The first-order chi connectivity index (χ1) is 10.2. The second-order valence-electron chi connectivity index (χ2n) is 5.03. The highest BCUT2D eigenvalue weighted by Crippen LogP contribution is 2.31. The van der Waals surface area contributed by atoms with Gasteiger partial charge in [0, 0.05) is 30.2 Å². The summed E-state index contributed by atoms with van der Waals surface area (Å²) >= 11 is 0. The van der Waals surface area contributed by atoms with E-state index in [1.54, 1.807) is 18.4 Å². The molecule has 1 aromatic heterocycles. The lowest BCUT2D eigenvalue weighted by Gasteiger charge is -2.28. The fourth-order valence-corrected chi connectivity index (χ4v) is 2.61. The van der Waals surface area contributed by atoms with Gasteiger partial charge in [-0.05, 0) is 30.3 Å². The van der Waals surface area contributed by atoms with Crippen molar-refractivity contribution in [2.45, 2.75) is 6.04 Å². The molecule has 3 nitrogen and oxygen atoms in total. The number of hydrogen-bond acceptors (Lipinski definition) is 3. The lowest BCUT2D eigenvalue weighted by Crippen LogP contribution is -2.30. The van der Waals surface area contributed by atoms with Crippen LogP contribution in [0.5, 0.6) is 0 Å². The van der Waals surface area contributed by atoms with Crippen LogP contribution >= 0.6 is 0 Å². The molecule has 21 heavy (non-hydrogen) atoms. The zero-order chi connectivity index (χ0) is 14.8. The minimum Gasteiger partial charge on any atom is -0.464 e. The normalized spacial score (nSPS) is 12.5. The Bertz CT molecular complexity index is 736. The molecule has 0 bridgehead atoms. The molecule has 0 fully saturated rings. The van der Waals surface area contributed by atoms with E-state index in [2.05, 4.69) is 0 Å². The number of rotatable bonds is 4. The van der Waals surface area contributed by atoms with Crippen molar-refractivity contribution in [1.29, 1.82) is 0 Å². The fraction of sp³-hybridized carbons (Fsp3) is 0.176. The van der Waals surface area contributed by atoms with Crippen LogP contribution in [0.15, 0.2) is 59.2 Å². The van der Waals surface area contributed by atoms with E-state index in [9.17, 15) is 4.39 Å². The van der Waals surface area contributed by atoms with Gasteiger partial charge in [-0.3, -0.25) is 0 Å². The van der Waals surface area contributed by atoms with Gasteiger partial charge in [0.2, 0.25) is 0 Å². The van der Waals surface area contributed by atoms with Gasteiger partial charge in [-0.15, -0.1) is 0 Å². The van der Waals surface area contributed by atoms with Crippen molar-refractivity contribution in [2.24, 2.45) is 5.73 Å². The van der Waals surface area contributed by atoms with E-state index in [1.165, 1.54) is 12.1 Å². The second-order valence-corrected chi connectivity index (χ2v) is 5.03. The molecule has 0 saturated heterocycles. The zero-order valence-corrected chi connectivity index (χ0v) is 11.8. The van der Waals surface area contributed by atoms with Crippen molar-refractivity contribution < 1.29 is 8.81 Å². The smallest absolute Gasteiger partial charge is 0.134 e. The number of benzene rings is 2. The number of anilines is 1. The van der Waals surface area contributed by atoms with E-state index in [4.69, 9.17) is 10.2 Å². The van der Waals surface area contributed by atoms with Crippen molar-refractivity contribution >= 4 is 16.7 Å². The Labute approximate surface area is 122 Å². The Morgan fingerprint density at radius 2 is 1.86 bits per heavy atom. The molecule has 0 radical (unpaired) electrons. The second kappa shape index (κ2) is 5.58. The van der Waals surface area contributed by atoms with Crippen molar-refractivity contribution in [2.75, 3.05) is 18.5 Å². The molecule has 0 aliphatic rings. The Hall–Kier alpha value is -2.33. The van der Waals surface area contributed by atoms with Gasteiger partial charge in [-0.1, -0.05) is 18.2 Å². The van der Waals surface area contributed by atoms with Crippen LogP contribution in [0, 0.1) is 5.82 Å². The number of furan rings is 1. The van der Waals surface area contributed by atoms with E-state index >= 15 is 0 Å². The van der Waals surface area contributed by atoms with Crippen LogP contribution in [0.2, 0.25) is 0 Å². The standard InChI is InChI=1S/C17H17FN2O/c1-20(13-8-6-12(18)7-9-13)16(10-19)15-11-21-17-5-3-2-4-14(15)17/h2-9,11,16H,10,19H2,1H3. The first-order valence-electron chi connectivity index (χ1n) is 6.85. The van der Waals surface area contributed by atoms with Crippen LogP contribution in [0.25, 0.3) is 11.0 Å². The molecule has 0 aliphatic heterocycles. The van der Waals surface area contributed by atoms with Gasteiger partial charge in [-0.25, -0.2) is 4.39 Å². The topological polar surface area (TPSA) is 42.4 Å². The number of nitrogens with zero attached hydrogens (tertiary/aromatic N) is 1. The average molecular weight is 284 g/mol. The minimum atomic E-state index is -0.245. The number of para-hydroxylation sites is 1. The van der Waals surface area contributed by atoms with Gasteiger partial charge in [0.1, 0.15) is 11.4 Å². The molecule has 0 aliphatic carbocycles. The average Bonchev–Trinajstić information content (AvgIpc) is 2.93. The molecule has 108 valence electrons. The lowest BCUT2D eigenvalue weighted by atomic mass is 10.0. The summed E-state index contributed by atoms with van der Waals surface area (Å²) in [6.45, 7) is 0.442. The van der Waals surface area contributed by atoms with Crippen LogP contribution in [0.1, 0.15) is 11.6 Å². The monoisotopic (exact) mass is 284 g/mol. The highest BCUT2D eigenvalue weighted by atomic mass is 19.1. The Kier molecular flexibility index (Phi) is 3.62. The summed E-state index contributed by atoms with van der Waals surface area (Å²) in [7, 11) is 1.95. The van der Waals surface area contributed by atoms with E-state index in [1.807, 2.05) is 36.2 Å². The molecular weight excluding hydrogens is 267 g/mol. The maximum Gasteiger partial charge on any atom is 0.134 e. The number of fused-ring (bicyclic) bond motifs is 1. The molecule has 2 aromatic carbocycles.